The third-order valence-corrected chi connectivity index (χ3v) is 8.10. The molecule has 0 bridgehead atoms. The number of ether oxygens (including phenoxy) is 4. The Hall–Kier alpha value is -2.16. The van der Waals surface area contributed by atoms with Crippen LogP contribution in [-0.2, 0) is 32.0 Å². The van der Waals surface area contributed by atoms with E-state index in [4.69, 9.17) is 24.7 Å². The number of thioether (sulfide) groups is 1. The number of aromatic carboxylic acids is 1. The van der Waals surface area contributed by atoms with Gasteiger partial charge in [0.25, 0.3) is 0 Å². The minimum Gasteiger partial charge on any atom is -0.477 e. The topological polar surface area (TPSA) is 132 Å². The summed E-state index contributed by atoms with van der Waals surface area (Å²) in [6.07, 6.45) is 5.18. The Morgan fingerprint density at radius 1 is 0.860 bits per heavy atom. The number of carboxylic acid groups (broad SMARTS) is 1. The maximum Gasteiger partial charge on any atom is 0.354 e. The summed E-state index contributed by atoms with van der Waals surface area (Å²) in [7, 11) is 0. The van der Waals surface area contributed by atoms with Crippen molar-refractivity contribution in [1.29, 1.82) is 0 Å². The fraction of sp³-hybridized carbons (Fsp3) is 0.645. The van der Waals surface area contributed by atoms with Crippen molar-refractivity contribution in [2.45, 2.75) is 38.5 Å². The lowest BCUT2D eigenvalue weighted by molar-refractivity contribution is -0.0238. The molecule has 12 heteroatoms. The quantitative estimate of drug-likeness (QED) is 0.339. The van der Waals surface area contributed by atoms with Crippen molar-refractivity contribution in [3.8, 4) is 0 Å². The molecule has 240 valence electrons. The lowest BCUT2D eigenvalue weighted by Crippen LogP contribution is -2.35. The molecule has 3 heterocycles. The van der Waals surface area contributed by atoms with Gasteiger partial charge in [-0.1, -0.05) is 18.6 Å². The Kier molecular flexibility index (Phi) is 18.4. The van der Waals surface area contributed by atoms with Crippen LogP contribution >= 0.6 is 11.8 Å². The molecule has 3 N–H and O–H groups in total. The highest BCUT2D eigenvalue weighted by Crippen LogP contribution is 2.12. The molecule has 0 aliphatic carbocycles. The Bertz CT molecular complexity index is 1010. The van der Waals surface area contributed by atoms with E-state index in [1.165, 1.54) is 6.07 Å². The molecule has 1 fully saturated rings. The van der Waals surface area contributed by atoms with Crippen LogP contribution in [0.5, 0.6) is 0 Å². The molecule has 2 aromatic heterocycles. The fourth-order valence-electron chi connectivity index (χ4n) is 4.53. The molecule has 1 atom stereocenters. The summed E-state index contributed by atoms with van der Waals surface area (Å²) in [6, 6.07) is 11.1. The number of aromatic nitrogens is 2. The molecule has 0 amide bonds. The van der Waals surface area contributed by atoms with Gasteiger partial charge in [-0.05, 0) is 49.4 Å². The first-order valence-corrected chi connectivity index (χ1v) is 16.5. The minimum absolute atomic E-state index is 0.0166. The molecule has 11 nitrogen and oxygen atoms in total. The second kappa shape index (κ2) is 22.4. The second-order valence-corrected chi connectivity index (χ2v) is 11.6. The minimum atomic E-state index is -1.03. The van der Waals surface area contributed by atoms with Crippen LogP contribution in [0, 0.1) is 0 Å². The van der Waals surface area contributed by atoms with Gasteiger partial charge in [-0.15, -0.1) is 0 Å². The highest BCUT2D eigenvalue weighted by Gasteiger charge is 2.15. The number of hydrogen-bond donors (Lipinski definition) is 2. The zero-order chi connectivity index (χ0) is 30.4. The standard InChI is InChI=1S/C31H49N5O6S/c32-10-3-1-5-22-43-26-29-25-41-18-14-35(24-28-8-6-9-30(34-28)31(37)38)12-16-39-20-21-40-17-13-36(15-19-42-29)23-27-7-2-4-11-33-27/h2,4,6-9,11,29H,1,3,5,10,12-26,32H2,(H,37,38)/t29-/m0/s1. The maximum atomic E-state index is 11.4. The summed E-state index contributed by atoms with van der Waals surface area (Å²) >= 11 is 1.90. The van der Waals surface area contributed by atoms with Crippen molar-refractivity contribution in [2.24, 2.45) is 5.73 Å². The summed E-state index contributed by atoms with van der Waals surface area (Å²) in [5.74, 6) is 0.922. The summed E-state index contributed by atoms with van der Waals surface area (Å²) in [5, 5.41) is 9.32. The first kappa shape index (κ1) is 35.3. The predicted molar refractivity (Wildman–Crippen MR) is 168 cm³/mol. The van der Waals surface area contributed by atoms with Crippen LogP contribution in [0.4, 0.5) is 0 Å². The third-order valence-electron chi connectivity index (χ3n) is 6.91. The highest BCUT2D eigenvalue weighted by molar-refractivity contribution is 7.99. The van der Waals surface area contributed by atoms with E-state index < -0.39 is 5.97 Å². The van der Waals surface area contributed by atoms with Crippen LogP contribution in [0.1, 0.15) is 41.1 Å². The molecule has 43 heavy (non-hydrogen) atoms. The van der Waals surface area contributed by atoms with E-state index >= 15 is 0 Å². The van der Waals surface area contributed by atoms with Crippen LogP contribution < -0.4 is 5.73 Å². The van der Waals surface area contributed by atoms with E-state index in [1.807, 2.05) is 42.2 Å². The van der Waals surface area contributed by atoms with Gasteiger partial charge in [0.1, 0.15) is 5.69 Å². The molecule has 2 aromatic rings. The molecular formula is C31H49N5O6S. The number of carbonyl (C=O) groups is 1. The van der Waals surface area contributed by atoms with Gasteiger partial charge >= 0.3 is 5.97 Å². The van der Waals surface area contributed by atoms with E-state index in [9.17, 15) is 9.90 Å². The summed E-state index contributed by atoms with van der Waals surface area (Å²) in [4.78, 5) is 24.7. The van der Waals surface area contributed by atoms with Crippen molar-refractivity contribution in [1.82, 2.24) is 19.8 Å². The van der Waals surface area contributed by atoms with E-state index in [1.54, 1.807) is 6.07 Å². The number of unbranched alkanes of at least 4 members (excludes halogenated alkanes) is 2. The average molecular weight is 620 g/mol. The normalized spacial score (nSPS) is 19.4. The number of carboxylic acids is 1. The second-order valence-electron chi connectivity index (χ2n) is 10.4. The molecule has 0 spiro atoms. The largest absolute Gasteiger partial charge is 0.477 e. The van der Waals surface area contributed by atoms with E-state index in [2.05, 4.69) is 19.8 Å². The molecule has 0 radical (unpaired) electrons. The Morgan fingerprint density at radius 3 is 2.26 bits per heavy atom. The first-order valence-electron chi connectivity index (χ1n) is 15.3. The van der Waals surface area contributed by atoms with Gasteiger partial charge in [0, 0.05) is 51.2 Å². The highest BCUT2D eigenvalue weighted by atomic mass is 32.2. The zero-order valence-corrected chi connectivity index (χ0v) is 26.1. The van der Waals surface area contributed by atoms with Crippen LogP contribution in [0.25, 0.3) is 0 Å². The van der Waals surface area contributed by atoms with Crippen LogP contribution in [0.3, 0.4) is 0 Å². The molecule has 1 aliphatic heterocycles. The number of pyridine rings is 2. The maximum absolute atomic E-state index is 11.4. The molecule has 0 unspecified atom stereocenters. The Labute approximate surface area is 260 Å². The van der Waals surface area contributed by atoms with Crippen molar-refractivity contribution in [3.63, 3.8) is 0 Å². The number of nitrogens with two attached hydrogens (primary N) is 1. The predicted octanol–water partition coefficient (Wildman–Crippen LogP) is 2.79. The number of rotatable bonds is 12. The molecule has 1 aliphatic rings. The fourth-order valence-corrected chi connectivity index (χ4v) is 5.56. The van der Waals surface area contributed by atoms with E-state index in [0.717, 1.165) is 62.6 Å². The van der Waals surface area contributed by atoms with Gasteiger partial charge in [-0.2, -0.15) is 11.8 Å². The van der Waals surface area contributed by atoms with Gasteiger partial charge in [0.05, 0.1) is 63.7 Å². The van der Waals surface area contributed by atoms with Crippen molar-refractivity contribution in [3.05, 3.63) is 59.7 Å². The Balaban J connectivity index is 1.57. The molecule has 1 saturated heterocycles. The summed E-state index contributed by atoms with van der Waals surface area (Å²) in [5.41, 5.74) is 7.40. The Morgan fingerprint density at radius 2 is 1.56 bits per heavy atom. The van der Waals surface area contributed by atoms with E-state index in [-0.39, 0.29) is 11.8 Å². The SMILES string of the molecule is NCCCCCSC[C@@H]1COCCN(Cc2cccc(C(=O)O)n2)CCOCCOCCN(Cc2ccccn2)CCO1. The van der Waals surface area contributed by atoms with Gasteiger partial charge in [-0.25, -0.2) is 9.78 Å². The number of nitrogens with zero attached hydrogens (tertiary/aromatic N) is 4. The van der Waals surface area contributed by atoms with Crippen LogP contribution in [-0.4, -0.2) is 127 Å². The van der Waals surface area contributed by atoms with Crippen molar-refractivity contribution in [2.75, 3.05) is 90.5 Å². The van der Waals surface area contributed by atoms with Gasteiger partial charge < -0.3 is 29.8 Å². The summed E-state index contributed by atoms with van der Waals surface area (Å²) < 4.78 is 24.3. The lowest BCUT2D eigenvalue weighted by atomic mass is 10.2. The molecule has 0 aromatic carbocycles. The van der Waals surface area contributed by atoms with E-state index in [0.29, 0.717) is 71.6 Å². The smallest absolute Gasteiger partial charge is 0.354 e. The zero-order valence-electron chi connectivity index (χ0n) is 25.3. The summed E-state index contributed by atoms with van der Waals surface area (Å²) in [6.45, 7) is 8.63. The monoisotopic (exact) mass is 619 g/mol. The molecule has 0 saturated carbocycles. The lowest BCUT2D eigenvalue weighted by Gasteiger charge is -2.25. The average Bonchev–Trinajstić information content (AvgIpc) is 3.01. The van der Waals surface area contributed by atoms with Crippen molar-refractivity contribution >= 4 is 17.7 Å². The van der Waals surface area contributed by atoms with Crippen molar-refractivity contribution < 1.29 is 28.8 Å². The molecule has 3 rings (SSSR count). The third kappa shape index (κ3) is 15.9. The molecular weight excluding hydrogens is 570 g/mol. The van der Waals surface area contributed by atoms with Gasteiger partial charge in [0.2, 0.25) is 0 Å². The van der Waals surface area contributed by atoms with Crippen LogP contribution in [0.15, 0.2) is 42.6 Å². The number of hydrogen-bond acceptors (Lipinski definition) is 11. The van der Waals surface area contributed by atoms with Gasteiger partial charge in [0.15, 0.2) is 0 Å². The van der Waals surface area contributed by atoms with Crippen LogP contribution in [0.2, 0.25) is 0 Å². The first-order chi connectivity index (χ1) is 21.1. The van der Waals surface area contributed by atoms with Gasteiger partial charge in [-0.3, -0.25) is 14.8 Å².